The predicted octanol–water partition coefficient (Wildman–Crippen LogP) is 5.70. The van der Waals surface area contributed by atoms with E-state index in [1.165, 1.54) is 12.1 Å². The molecule has 9 heteroatoms. The zero-order valence-electron chi connectivity index (χ0n) is 10.9. The molecule has 3 heterocycles. The number of fused-ring (bicyclic) bond motifs is 1. The van der Waals surface area contributed by atoms with Crippen molar-refractivity contribution in [3.63, 3.8) is 0 Å². The summed E-state index contributed by atoms with van der Waals surface area (Å²) in [6.45, 7) is 0. The van der Waals surface area contributed by atoms with Gasteiger partial charge in [-0.25, -0.2) is 17.6 Å². The first-order valence-corrected chi connectivity index (χ1v) is 8.68. The molecule has 1 aromatic carbocycles. The maximum Gasteiger partial charge on any atom is 0.177 e. The highest BCUT2D eigenvalue weighted by atomic mass is 32.1. The van der Waals surface area contributed by atoms with E-state index in [0.29, 0.717) is 22.2 Å². The Morgan fingerprint density at radius 3 is 1.48 bits per heavy atom. The summed E-state index contributed by atoms with van der Waals surface area (Å²) in [6, 6.07) is 3.04. The highest BCUT2D eigenvalue weighted by Crippen LogP contribution is 2.40. The van der Waals surface area contributed by atoms with Crippen molar-refractivity contribution < 1.29 is 17.6 Å². The van der Waals surface area contributed by atoms with Crippen LogP contribution in [0.15, 0.2) is 22.9 Å². The Morgan fingerprint density at radius 1 is 0.696 bits per heavy atom. The molecule has 0 atom stereocenters. The minimum absolute atomic E-state index is 0.101. The van der Waals surface area contributed by atoms with E-state index < -0.39 is 23.3 Å². The normalized spacial score (nSPS) is 11.5. The Balaban J connectivity index is 1.99. The number of rotatable bonds is 2. The summed E-state index contributed by atoms with van der Waals surface area (Å²) < 4.78 is 62.4. The number of nitrogens with zero attached hydrogens (tertiary/aromatic N) is 2. The highest BCUT2D eigenvalue weighted by Gasteiger charge is 2.22. The van der Waals surface area contributed by atoms with Gasteiger partial charge in [0.2, 0.25) is 0 Å². The first kappa shape index (κ1) is 14.7. The topological polar surface area (TPSA) is 25.8 Å². The minimum Gasteiger partial charge on any atom is -0.203 e. The average molecular weight is 372 g/mol. The Bertz CT molecular complexity index is 954. The molecule has 0 saturated carbocycles. The molecule has 23 heavy (non-hydrogen) atoms. The molecule has 2 nitrogen and oxygen atoms in total. The molecule has 0 unspecified atom stereocenters. The molecule has 0 N–H and O–H groups in total. The van der Waals surface area contributed by atoms with Crippen molar-refractivity contribution in [3.05, 3.63) is 46.2 Å². The van der Waals surface area contributed by atoms with Crippen LogP contribution >= 0.6 is 34.4 Å². The quantitative estimate of drug-likeness (QED) is 0.422. The van der Waals surface area contributed by atoms with Crippen LogP contribution in [-0.2, 0) is 0 Å². The molecular formula is C14H4F4N2S3. The van der Waals surface area contributed by atoms with Crippen molar-refractivity contribution in [1.29, 1.82) is 0 Å². The maximum atomic E-state index is 13.9. The Hall–Kier alpha value is -1.84. The van der Waals surface area contributed by atoms with Gasteiger partial charge in [-0.15, -0.1) is 22.7 Å². The average Bonchev–Trinajstić information content (AvgIpc) is 3.23. The van der Waals surface area contributed by atoms with Gasteiger partial charge in [-0.1, -0.05) is 12.1 Å². The van der Waals surface area contributed by atoms with Gasteiger partial charge in [0.05, 0.1) is 21.5 Å². The zero-order chi connectivity index (χ0) is 16.1. The maximum absolute atomic E-state index is 13.9. The molecule has 4 aromatic rings. The molecular weight excluding hydrogens is 368 g/mol. The monoisotopic (exact) mass is 372 g/mol. The van der Waals surface area contributed by atoms with E-state index in [9.17, 15) is 17.6 Å². The van der Waals surface area contributed by atoms with Gasteiger partial charge in [0.15, 0.2) is 23.3 Å². The standard InChI is InChI=1S/C14H4F4N2S3/c15-7-3-21-13(9(7)17)5-1-2-6(12-11(5)19-23-20-12)14-10(18)8(16)4-22-14/h1-4H. The molecule has 0 fully saturated rings. The molecule has 0 amide bonds. The van der Waals surface area contributed by atoms with Gasteiger partial charge < -0.3 is 0 Å². The summed E-state index contributed by atoms with van der Waals surface area (Å²) in [5.74, 6) is -3.77. The number of hydrogen-bond acceptors (Lipinski definition) is 5. The third kappa shape index (κ3) is 2.19. The van der Waals surface area contributed by atoms with Crippen LogP contribution in [0.1, 0.15) is 0 Å². The summed E-state index contributed by atoms with van der Waals surface area (Å²) in [6.07, 6.45) is 0. The summed E-state index contributed by atoms with van der Waals surface area (Å²) in [5.41, 5.74) is 1.42. The summed E-state index contributed by atoms with van der Waals surface area (Å²) >= 11 is 2.70. The molecule has 3 aromatic heterocycles. The molecule has 0 aliphatic carbocycles. The highest BCUT2D eigenvalue weighted by molar-refractivity contribution is 7.14. The van der Waals surface area contributed by atoms with Gasteiger partial charge in [0, 0.05) is 21.9 Å². The van der Waals surface area contributed by atoms with Crippen LogP contribution in [0.2, 0.25) is 0 Å². The van der Waals surface area contributed by atoms with Gasteiger partial charge >= 0.3 is 0 Å². The third-order valence-electron chi connectivity index (χ3n) is 3.28. The van der Waals surface area contributed by atoms with E-state index in [4.69, 9.17) is 0 Å². The van der Waals surface area contributed by atoms with Gasteiger partial charge in [-0.3, -0.25) is 0 Å². The van der Waals surface area contributed by atoms with Crippen LogP contribution in [-0.4, -0.2) is 8.75 Å². The fourth-order valence-electron chi connectivity index (χ4n) is 2.24. The van der Waals surface area contributed by atoms with Crippen LogP contribution in [0.3, 0.4) is 0 Å². The fourth-order valence-corrected chi connectivity index (χ4v) is 4.45. The van der Waals surface area contributed by atoms with Crippen molar-refractivity contribution in [2.24, 2.45) is 0 Å². The first-order valence-electron chi connectivity index (χ1n) is 6.19. The zero-order valence-corrected chi connectivity index (χ0v) is 13.4. The molecule has 116 valence electrons. The Morgan fingerprint density at radius 2 is 1.13 bits per heavy atom. The third-order valence-corrected chi connectivity index (χ3v) is 5.73. The van der Waals surface area contributed by atoms with Crippen molar-refractivity contribution in [2.45, 2.75) is 0 Å². The van der Waals surface area contributed by atoms with E-state index >= 15 is 0 Å². The predicted molar refractivity (Wildman–Crippen MR) is 83.9 cm³/mol. The first-order chi connectivity index (χ1) is 11.1. The summed E-state index contributed by atoms with van der Waals surface area (Å²) in [5, 5.41) is 2.14. The molecule has 0 spiro atoms. The van der Waals surface area contributed by atoms with Gasteiger partial charge in [0.1, 0.15) is 11.0 Å². The second-order valence-electron chi connectivity index (χ2n) is 4.58. The second-order valence-corrected chi connectivity index (χ2v) is 6.86. The molecule has 0 saturated heterocycles. The smallest absolute Gasteiger partial charge is 0.177 e. The van der Waals surface area contributed by atoms with Crippen LogP contribution in [0.5, 0.6) is 0 Å². The van der Waals surface area contributed by atoms with E-state index in [1.54, 1.807) is 0 Å². The lowest BCUT2D eigenvalue weighted by molar-refractivity contribution is 0.518. The van der Waals surface area contributed by atoms with E-state index in [1.807, 2.05) is 0 Å². The van der Waals surface area contributed by atoms with E-state index in [-0.39, 0.29) is 9.75 Å². The van der Waals surface area contributed by atoms with Crippen LogP contribution in [0, 0.1) is 23.3 Å². The SMILES string of the molecule is Fc1csc(-c2ccc(-c3scc(F)c3F)c3nsnc23)c1F. The van der Waals surface area contributed by atoms with Crippen LogP contribution in [0.4, 0.5) is 17.6 Å². The summed E-state index contributed by atoms with van der Waals surface area (Å²) in [4.78, 5) is 0.203. The van der Waals surface area contributed by atoms with Gasteiger partial charge in [-0.2, -0.15) is 8.75 Å². The Labute approximate surface area is 139 Å². The Kier molecular flexibility index (Phi) is 3.43. The number of benzene rings is 1. The number of thiophene rings is 2. The lowest BCUT2D eigenvalue weighted by Crippen LogP contribution is -1.87. The fraction of sp³-hybridized carbons (Fsp3) is 0. The van der Waals surface area contributed by atoms with Gasteiger partial charge in [0.25, 0.3) is 0 Å². The molecule has 0 aliphatic rings. The molecule has 4 rings (SSSR count). The number of hydrogen-bond donors (Lipinski definition) is 0. The second kappa shape index (κ2) is 5.36. The van der Waals surface area contributed by atoms with Crippen molar-refractivity contribution in [2.75, 3.05) is 0 Å². The molecule has 0 bridgehead atoms. The molecule has 0 aliphatic heterocycles. The van der Waals surface area contributed by atoms with Crippen molar-refractivity contribution in [1.82, 2.24) is 8.75 Å². The van der Waals surface area contributed by atoms with Crippen LogP contribution in [0.25, 0.3) is 31.9 Å². The van der Waals surface area contributed by atoms with Crippen LogP contribution < -0.4 is 0 Å². The van der Waals surface area contributed by atoms with Crippen molar-refractivity contribution >= 4 is 45.4 Å². The lowest BCUT2D eigenvalue weighted by Gasteiger charge is -2.04. The van der Waals surface area contributed by atoms with Crippen molar-refractivity contribution in [3.8, 4) is 20.9 Å². The lowest BCUT2D eigenvalue weighted by atomic mass is 10.1. The minimum atomic E-state index is -0.953. The number of halogens is 4. The van der Waals surface area contributed by atoms with E-state index in [0.717, 1.165) is 45.2 Å². The number of aromatic nitrogens is 2. The molecule has 0 radical (unpaired) electrons. The largest absolute Gasteiger partial charge is 0.203 e. The van der Waals surface area contributed by atoms with Gasteiger partial charge in [-0.05, 0) is 0 Å². The van der Waals surface area contributed by atoms with E-state index in [2.05, 4.69) is 8.75 Å². The summed E-state index contributed by atoms with van der Waals surface area (Å²) in [7, 11) is 0.